The number of nitrogens with zero attached hydrogens (tertiary/aromatic N) is 1. The molecule has 0 aliphatic rings. The van der Waals surface area contributed by atoms with Gasteiger partial charge < -0.3 is 4.98 Å². The third-order valence-electron chi connectivity index (χ3n) is 2.37. The Kier molecular flexibility index (Phi) is 4.37. The van der Waals surface area contributed by atoms with Crippen LogP contribution in [0.25, 0.3) is 11.3 Å². The first-order valence-corrected chi connectivity index (χ1v) is 7.14. The highest BCUT2D eigenvalue weighted by atomic mass is 79.9. The van der Waals surface area contributed by atoms with Gasteiger partial charge in [0.05, 0.1) is 20.8 Å². The Hall–Kier alpha value is -1.10. The van der Waals surface area contributed by atoms with Gasteiger partial charge in [-0.15, -0.1) is 0 Å². The van der Waals surface area contributed by atoms with E-state index < -0.39 is 5.51 Å². The second kappa shape index (κ2) is 5.72. The van der Waals surface area contributed by atoms with E-state index >= 15 is 0 Å². The van der Waals surface area contributed by atoms with Crippen molar-refractivity contribution in [3.63, 3.8) is 0 Å². The maximum Gasteiger partial charge on any atom is 0.447 e. The van der Waals surface area contributed by atoms with Crippen molar-refractivity contribution in [1.82, 2.24) is 4.98 Å². The number of aromatic nitrogens is 1. The predicted molar refractivity (Wildman–Crippen MR) is 75.6 cm³/mol. The largest absolute Gasteiger partial charge is 0.447 e. The van der Waals surface area contributed by atoms with Crippen molar-refractivity contribution in [3.8, 4) is 17.3 Å². The number of hydrogen-bond donors (Lipinski definition) is 1. The molecule has 2 rings (SSSR count). The van der Waals surface area contributed by atoms with Gasteiger partial charge in [-0.25, -0.2) is 0 Å². The van der Waals surface area contributed by atoms with E-state index in [1.54, 1.807) is 24.3 Å². The van der Waals surface area contributed by atoms with Crippen LogP contribution in [0, 0.1) is 11.3 Å². The third-order valence-corrected chi connectivity index (χ3v) is 4.42. The van der Waals surface area contributed by atoms with Gasteiger partial charge in [-0.2, -0.15) is 18.4 Å². The van der Waals surface area contributed by atoms with Crippen molar-refractivity contribution in [3.05, 3.63) is 39.3 Å². The van der Waals surface area contributed by atoms with Gasteiger partial charge in [-0.05, 0) is 33.6 Å². The van der Waals surface area contributed by atoms with Gasteiger partial charge in [0.2, 0.25) is 0 Å². The lowest BCUT2D eigenvalue weighted by Crippen LogP contribution is -1.99. The number of nitrogens with one attached hydrogen (secondary N) is 1. The van der Waals surface area contributed by atoms with E-state index in [1.807, 2.05) is 6.07 Å². The Labute approximate surface area is 130 Å². The average Bonchev–Trinajstić information content (AvgIpc) is 2.65. The van der Waals surface area contributed by atoms with E-state index in [-0.39, 0.29) is 26.8 Å². The zero-order valence-electron chi connectivity index (χ0n) is 9.55. The number of halogens is 5. The van der Waals surface area contributed by atoms with Gasteiger partial charge in [0.1, 0.15) is 6.07 Å². The number of alkyl halides is 3. The summed E-state index contributed by atoms with van der Waals surface area (Å²) in [5.74, 6) is 0. The molecule has 0 saturated heterocycles. The maximum absolute atomic E-state index is 12.4. The summed E-state index contributed by atoms with van der Waals surface area (Å²) in [6, 6.07) is 8.35. The highest BCUT2D eigenvalue weighted by Gasteiger charge is 2.32. The minimum atomic E-state index is -4.43. The molecule has 0 fully saturated rings. The van der Waals surface area contributed by atoms with Crippen LogP contribution in [0.2, 0.25) is 5.02 Å². The zero-order valence-corrected chi connectivity index (χ0v) is 12.7. The molecule has 0 atom stereocenters. The first-order valence-electron chi connectivity index (χ1n) is 5.15. The average molecular weight is 382 g/mol. The molecule has 2 aromatic rings. The number of nitriles is 1. The molecule has 0 spiro atoms. The summed E-state index contributed by atoms with van der Waals surface area (Å²) in [5, 5.41) is 9.46. The summed E-state index contributed by atoms with van der Waals surface area (Å²) in [6.45, 7) is 0. The normalized spacial score (nSPS) is 11.4. The van der Waals surface area contributed by atoms with Gasteiger partial charge in [0.25, 0.3) is 0 Å². The fourth-order valence-electron chi connectivity index (χ4n) is 1.58. The molecule has 104 valence electrons. The van der Waals surface area contributed by atoms with E-state index in [4.69, 9.17) is 16.9 Å². The van der Waals surface area contributed by atoms with Crippen molar-refractivity contribution < 1.29 is 13.2 Å². The summed E-state index contributed by atoms with van der Waals surface area (Å²) in [6.07, 6.45) is 0. The van der Waals surface area contributed by atoms with Crippen LogP contribution >= 0.6 is 39.3 Å². The van der Waals surface area contributed by atoms with Gasteiger partial charge >= 0.3 is 5.51 Å². The Bertz CT molecular complexity index is 674. The lowest BCUT2D eigenvalue weighted by atomic mass is 10.1. The van der Waals surface area contributed by atoms with E-state index in [9.17, 15) is 13.2 Å². The van der Waals surface area contributed by atoms with Crippen LogP contribution in [0.4, 0.5) is 13.2 Å². The first kappa shape index (κ1) is 15.3. The molecule has 0 aliphatic heterocycles. The van der Waals surface area contributed by atoms with E-state index in [2.05, 4.69) is 20.9 Å². The van der Waals surface area contributed by atoms with Crippen LogP contribution in [0.5, 0.6) is 0 Å². The lowest BCUT2D eigenvalue weighted by molar-refractivity contribution is -0.0329. The van der Waals surface area contributed by atoms with Crippen LogP contribution in [0.15, 0.2) is 33.8 Å². The fraction of sp³-hybridized carbons (Fsp3) is 0.0833. The second-order valence-electron chi connectivity index (χ2n) is 3.68. The molecular formula is C12H5BrClF3N2S. The summed E-state index contributed by atoms with van der Waals surface area (Å²) < 4.78 is 37.4. The summed E-state index contributed by atoms with van der Waals surface area (Å²) >= 11 is 8.48. The molecule has 0 amide bonds. The molecule has 1 heterocycles. The molecule has 1 N–H and O–H groups in total. The van der Waals surface area contributed by atoms with Crippen LogP contribution < -0.4 is 0 Å². The Balaban J connectivity index is 2.52. The predicted octanol–water partition coefficient (Wildman–Crippen LogP) is 5.58. The molecule has 0 aliphatic carbocycles. The minimum Gasteiger partial charge on any atom is -0.347 e. The van der Waals surface area contributed by atoms with Crippen molar-refractivity contribution in [2.45, 2.75) is 10.5 Å². The number of aromatic amines is 1. The van der Waals surface area contributed by atoms with Crippen molar-refractivity contribution in [2.24, 2.45) is 0 Å². The van der Waals surface area contributed by atoms with Crippen molar-refractivity contribution >= 4 is 39.3 Å². The molecule has 2 nitrogen and oxygen atoms in total. The Morgan fingerprint density at radius 3 is 2.35 bits per heavy atom. The van der Waals surface area contributed by atoms with Crippen LogP contribution in [-0.2, 0) is 0 Å². The SMILES string of the molecule is N#Cc1c(-c2ccc(Cl)cc2)[nH]c(SC(F)(F)F)c1Br. The monoisotopic (exact) mass is 380 g/mol. The Morgan fingerprint density at radius 2 is 1.85 bits per heavy atom. The fourth-order valence-corrected chi connectivity index (χ4v) is 2.91. The van der Waals surface area contributed by atoms with Gasteiger partial charge in [0.15, 0.2) is 0 Å². The molecule has 0 radical (unpaired) electrons. The molecular weight excluding hydrogens is 377 g/mol. The number of thioether (sulfide) groups is 1. The van der Waals surface area contributed by atoms with E-state index in [1.165, 1.54) is 0 Å². The smallest absolute Gasteiger partial charge is 0.347 e. The summed E-state index contributed by atoms with van der Waals surface area (Å²) in [7, 11) is 0. The van der Waals surface area contributed by atoms with Crippen LogP contribution in [0.3, 0.4) is 0 Å². The topological polar surface area (TPSA) is 39.6 Å². The third kappa shape index (κ3) is 3.32. The number of benzene rings is 1. The maximum atomic E-state index is 12.4. The first-order chi connectivity index (χ1) is 9.31. The van der Waals surface area contributed by atoms with E-state index in [0.29, 0.717) is 16.3 Å². The zero-order chi connectivity index (χ0) is 14.9. The number of hydrogen-bond acceptors (Lipinski definition) is 2. The highest BCUT2D eigenvalue weighted by molar-refractivity contribution is 9.10. The van der Waals surface area contributed by atoms with Crippen LogP contribution in [0.1, 0.15) is 5.56 Å². The van der Waals surface area contributed by atoms with Crippen LogP contribution in [-0.4, -0.2) is 10.5 Å². The molecule has 0 unspecified atom stereocenters. The lowest BCUT2D eigenvalue weighted by Gasteiger charge is -2.03. The molecule has 20 heavy (non-hydrogen) atoms. The second-order valence-corrected chi connectivity index (χ2v) is 5.99. The van der Waals surface area contributed by atoms with Gasteiger partial charge in [-0.3, -0.25) is 0 Å². The van der Waals surface area contributed by atoms with Crippen molar-refractivity contribution in [1.29, 1.82) is 5.26 Å². The van der Waals surface area contributed by atoms with E-state index in [0.717, 1.165) is 0 Å². The van der Waals surface area contributed by atoms with Crippen molar-refractivity contribution in [2.75, 3.05) is 0 Å². The summed E-state index contributed by atoms with van der Waals surface area (Å²) in [4.78, 5) is 2.62. The molecule has 1 aromatic heterocycles. The van der Waals surface area contributed by atoms with Gasteiger partial charge in [-0.1, -0.05) is 23.7 Å². The molecule has 0 bridgehead atoms. The molecule has 8 heteroatoms. The Morgan fingerprint density at radius 1 is 1.25 bits per heavy atom. The highest BCUT2D eigenvalue weighted by Crippen LogP contribution is 2.43. The minimum absolute atomic E-state index is 0.104. The number of rotatable bonds is 2. The quantitative estimate of drug-likeness (QED) is 0.690. The molecule has 1 aromatic carbocycles. The molecule has 0 saturated carbocycles. The van der Waals surface area contributed by atoms with Gasteiger partial charge in [0, 0.05) is 16.8 Å². The summed E-state index contributed by atoms with van der Waals surface area (Å²) in [5.41, 5.74) is -3.40. The number of H-pyrrole nitrogens is 1. The standard InChI is InChI=1S/C12H5BrClF3N2S/c13-9-8(5-18)10(6-1-3-7(14)4-2-6)19-11(9)20-12(15,16)17/h1-4,19H.